The molecule has 114 valence electrons. The fourth-order valence-electron chi connectivity index (χ4n) is 2.64. The van der Waals surface area contributed by atoms with Gasteiger partial charge in [-0.25, -0.2) is 4.39 Å². The maximum Gasteiger partial charge on any atom is 0.126 e. The van der Waals surface area contributed by atoms with Crippen LogP contribution in [0.3, 0.4) is 0 Å². The first-order valence-corrected chi connectivity index (χ1v) is 7.24. The number of rotatable bonds is 6. The Kier molecular flexibility index (Phi) is 5.96. The smallest absolute Gasteiger partial charge is 0.126 e. The van der Waals surface area contributed by atoms with Crippen LogP contribution in [0.4, 0.5) is 10.1 Å². The molecule has 1 aromatic rings. The molecule has 1 rings (SSSR count). The molecule has 20 heavy (non-hydrogen) atoms. The van der Waals surface area contributed by atoms with Crippen molar-refractivity contribution in [3.63, 3.8) is 0 Å². The van der Waals surface area contributed by atoms with Crippen molar-refractivity contribution in [3.05, 3.63) is 29.1 Å². The highest BCUT2D eigenvalue weighted by molar-refractivity contribution is 5.57. The fourth-order valence-corrected chi connectivity index (χ4v) is 2.64. The summed E-state index contributed by atoms with van der Waals surface area (Å²) in [6.45, 7) is 9.83. The highest BCUT2D eigenvalue weighted by Gasteiger charge is 2.20. The van der Waals surface area contributed by atoms with E-state index in [4.69, 9.17) is 5.73 Å². The van der Waals surface area contributed by atoms with Crippen LogP contribution >= 0.6 is 0 Å². The Labute approximate surface area is 122 Å². The van der Waals surface area contributed by atoms with E-state index in [0.29, 0.717) is 11.6 Å². The molecular formula is C16H28FN3. The van der Waals surface area contributed by atoms with Crippen LogP contribution in [0.5, 0.6) is 0 Å². The molecule has 4 heteroatoms. The van der Waals surface area contributed by atoms with Crippen molar-refractivity contribution in [2.45, 2.75) is 39.8 Å². The normalized spacial score (nSPS) is 14.4. The summed E-state index contributed by atoms with van der Waals surface area (Å²) in [6, 6.07) is 3.67. The summed E-state index contributed by atoms with van der Waals surface area (Å²) in [4.78, 5) is 4.46. The van der Waals surface area contributed by atoms with Gasteiger partial charge in [-0.3, -0.25) is 0 Å². The van der Waals surface area contributed by atoms with E-state index >= 15 is 0 Å². The highest BCUT2D eigenvalue weighted by Crippen LogP contribution is 2.29. The minimum absolute atomic E-state index is 0.180. The molecule has 0 saturated heterocycles. The molecule has 0 amide bonds. The Hall–Kier alpha value is -1.13. The zero-order valence-electron chi connectivity index (χ0n) is 13.6. The number of anilines is 1. The number of hydrogen-bond acceptors (Lipinski definition) is 3. The first kappa shape index (κ1) is 16.9. The Morgan fingerprint density at radius 1 is 1.25 bits per heavy atom. The lowest BCUT2D eigenvalue weighted by atomic mass is 10.0. The predicted molar refractivity (Wildman–Crippen MR) is 84.8 cm³/mol. The Bertz CT molecular complexity index is 444. The number of aryl methyl sites for hydroxylation is 1. The molecule has 2 atom stereocenters. The molecule has 1 unspecified atom stereocenters. The maximum absolute atomic E-state index is 13.8. The SMILES string of the molecule is CCN(c1cc(C)c(F)cc1[C@@H](C)N)C(C)CN(C)C. The van der Waals surface area contributed by atoms with Crippen LogP contribution in [-0.2, 0) is 0 Å². The lowest BCUT2D eigenvalue weighted by Crippen LogP contribution is -2.41. The van der Waals surface area contributed by atoms with Gasteiger partial charge in [0.05, 0.1) is 0 Å². The summed E-state index contributed by atoms with van der Waals surface area (Å²) >= 11 is 0. The van der Waals surface area contributed by atoms with Crippen molar-refractivity contribution in [1.29, 1.82) is 0 Å². The molecule has 0 aliphatic rings. The lowest BCUT2D eigenvalue weighted by molar-refractivity contribution is 0.372. The monoisotopic (exact) mass is 281 g/mol. The van der Waals surface area contributed by atoms with Crippen molar-refractivity contribution in [2.24, 2.45) is 5.73 Å². The number of halogens is 1. The molecule has 0 heterocycles. The molecule has 2 N–H and O–H groups in total. The van der Waals surface area contributed by atoms with Gasteiger partial charge in [-0.2, -0.15) is 0 Å². The molecule has 0 fully saturated rings. The summed E-state index contributed by atoms with van der Waals surface area (Å²) in [6.07, 6.45) is 0. The predicted octanol–water partition coefficient (Wildman–Crippen LogP) is 2.93. The van der Waals surface area contributed by atoms with E-state index in [0.717, 1.165) is 24.3 Å². The summed E-state index contributed by atoms with van der Waals surface area (Å²) in [5, 5.41) is 0. The Balaban J connectivity index is 3.23. The molecule has 0 radical (unpaired) electrons. The minimum atomic E-state index is -0.183. The first-order chi connectivity index (χ1) is 9.27. The zero-order chi connectivity index (χ0) is 15.4. The van der Waals surface area contributed by atoms with E-state index < -0.39 is 0 Å². The van der Waals surface area contributed by atoms with Gasteiger partial charge in [0, 0.05) is 30.9 Å². The third kappa shape index (κ3) is 3.93. The summed E-state index contributed by atoms with van der Waals surface area (Å²) in [5.74, 6) is -0.183. The van der Waals surface area contributed by atoms with Gasteiger partial charge in [0.25, 0.3) is 0 Å². The van der Waals surface area contributed by atoms with Crippen molar-refractivity contribution in [1.82, 2.24) is 4.90 Å². The van der Waals surface area contributed by atoms with Crippen molar-refractivity contribution >= 4 is 5.69 Å². The number of hydrogen-bond donors (Lipinski definition) is 1. The van der Waals surface area contributed by atoms with Gasteiger partial charge in [-0.15, -0.1) is 0 Å². The topological polar surface area (TPSA) is 32.5 Å². The van der Waals surface area contributed by atoms with Crippen molar-refractivity contribution in [2.75, 3.05) is 32.1 Å². The van der Waals surface area contributed by atoms with E-state index in [9.17, 15) is 4.39 Å². The van der Waals surface area contributed by atoms with Crippen molar-refractivity contribution < 1.29 is 4.39 Å². The van der Waals surface area contributed by atoms with Gasteiger partial charge in [0.15, 0.2) is 0 Å². The largest absolute Gasteiger partial charge is 0.368 e. The Morgan fingerprint density at radius 2 is 1.85 bits per heavy atom. The Morgan fingerprint density at radius 3 is 2.30 bits per heavy atom. The second kappa shape index (κ2) is 7.04. The van der Waals surface area contributed by atoms with Gasteiger partial charge in [-0.1, -0.05) is 0 Å². The molecular weight excluding hydrogens is 253 g/mol. The molecule has 0 saturated carbocycles. The van der Waals surface area contributed by atoms with E-state index in [2.05, 4.69) is 37.7 Å². The van der Waals surface area contributed by atoms with Crippen LogP contribution in [0.2, 0.25) is 0 Å². The second-order valence-corrected chi connectivity index (χ2v) is 5.85. The van der Waals surface area contributed by atoms with E-state index in [1.165, 1.54) is 0 Å². The molecule has 1 aromatic carbocycles. The standard InChI is InChI=1S/C16H28FN3/c1-7-20(12(3)10-19(5)6)16-8-11(2)15(17)9-14(16)13(4)18/h8-9,12-13H,7,10,18H2,1-6H3/t12?,13-/m1/s1. The van der Waals surface area contributed by atoms with Gasteiger partial charge in [-0.05, 0) is 65.0 Å². The van der Waals surface area contributed by atoms with Crippen LogP contribution in [0, 0.1) is 12.7 Å². The minimum Gasteiger partial charge on any atom is -0.368 e. The maximum atomic E-state index is 13.8. The molecule has 0 aliphatic carbocycles. The summed E-state index contributed by atoms with van der Waals surface area (Å²) in [7, 11) is 4.12. The number of benzene rings is 1. The third-order valence-electron chi connectivity index (χ3n) is 3.61. The van der Waals surface area contributed by atoms with Gasteiger partial charge in [0.2, 0.25) is 0 Å². The van der Waals surface area contributed by atoms with Gasteiger partial charge >= 0.3 is 0 Å². The summed E-state index contributed by atoms with van der Waals surface area (Å²) < 4.78 is 13.8. The number of likely N-dealkylation sites (N-methyl/N-ethyl adjacent to an activating group) is 2. The average Bonchev–Trinajstić information content (AvgIpc) is 2.32. The molecule has 0 aromatic heterocycles. The lowest BCUT2D eigenvalue weighted by Gasteiger charge is -2.34. The molecule has 0 aliphatic heterocycles. The van der Waals surface area contributed by atoms with E-state index in [1.54, 1.807) is 13.0 Å². The number of nitrogens with zero attached hydrogens (tertiary/aromatic N) is 2. The quantitative estimate of drug-likeness (QED) is 0.870. The van der Waals surface area contributed by atoms with Crippen molar-refractivity contribution in [3.8, 4) is 0 Å². The molecule has 0 bridgehead atoms. The first-order valence-electron chi connectivity index (χ1n) is 7.24. The third-order valence-corrected chi connectivity index (χ3v) is 3.61. The van der Waals surface area contributed by atoms with Crippen LogP contribution in [-0.4, -0.2) is 38.1 Å². The van der Waals surface area contributed by atoms with E-state index in [1.807, 2.05) is 13.0 Å². The van der Waals surface area contributed by atoms with Gasteiger partial charge in [0.1, 0.15) is 5.82 Å². The van der Waals surface area contributed by atoms with Crippen LogP contribution in [0.15, 0.2) is 12.1 Å². The van der Waals surface area contributed by atoms with Crippen LogP contribution in [0.1, 0.15) is 37.9 Å². The number of nitrogens with two attached hydrogens (primary N) is 1. The highest BCUT2D eigenvalue weighted by atomic mass is 19.1. The zero-order valence-corrected chi connectivity index (χ0v) is 13.6. The van der Waals surface area contributed by atoms with Gasteiger partial charge < -0.3 is 15.5 Å². The van der Waals surface area contributed by atoms with Crippen LogP contribution in [0.25, 0.3) is 0 Å². The molecule has 3 nitrogen and oxygen atoms in total. The average molecular weight is 281 g/mol. The summed E-state index contributed by atoms with van der Waals surface area (Å²) in [5.41, 5.74) is 8.62. The van der Waals surface area contributed by atoms with E-state index in [-0.39, 0.29) is 11.9 Å². The second-order valence-electron chi connectivity index (χ2n) is 5.85. The van der Waals surface area contributed by atoms with Crippen LogP contribution < -0.4 is 10.6 Å². The fraction of sp³-hybridized carbons (Fsp3) is 0.625. The molecule has 0 spiro atoms.